The lowest BCUT2D eigenvalue weighted by molar-refractivity contribution is 0.0209. The van der Waals surface area contributed by atoms with Crippen LogP contribution in [0.15, 0.2) is 22.8 Å². The van der Waals surface area contributed by atoms with Crippen LogP contribution in [-0.4, -0.2) is 55.3 Å². The molecule has 98 valence electrons. The zero-order valence-corrected chi connectivity index (χ0v) is 12.0. The van der Waals surface area contributed by atoms with Crippen LogP contribution in [0.2, 0.25) is 0 Å². The third-order valence-electron chi connectivity index (χ3n) is 3.76. The lowest BCUT2D eigenvalue weighted by Gasteiger charge is -2.32. The molecule has 0 bridgehead atoms. The Hall–Kier alpha value is -0.650. The van der Waals surface area contributed by atoms with E-state index in [2.05, 4.69) is 42.8 Å². The van der Waals surface area contributed by atoms with Crippen LogP contribution < -0.4 is 4.90 Å². The van der Waals surface area contributed by atoms with Gasteiger partial charge in [-0.1, -0.05) is 0 Å². The Bertz CT molecular complexity index is 392. The molecule has 3 rings (SSSR count). The first-order valence-electron chi connectivity index (χ1n) is 6.51. The Morgan fingerprint density at radius 2 is 2.06 bits per heavy atom. The van der Waals surface area contributed by atoms with E-state index in [-0.39, 0.29) is 0 Å². The van der Waals surface area contributed by atoms with Crippen molar-refractivity contribution in [3.63, 3.8) is 0 Å². The van der Waals surface area contributed by atoms with Gasteiger partial charge in [0.15, 0.2) is 0 Å². The van der Waals surface area contributed by atoms with E-state index in [4.69, 9.17) is 4.74 Å². The summed E-state index contributed by atoms with van der Waals surface area (Å²) in [6.45, 7) is 6.11. The first-order chi connectivity index (χ1) is 8.83. The predicted octanol–water partition coefficient (Wildman–Crippen LogP) is 1.75. The molecule has 0 amide bonds. The maximum atomic E-state index is 5.41. The second-order valence-corrected chi connectivity index (χ2v) is 5.79. The molecule has 1 atom stereocenters. The van der Waals surface area contributed by atoms with Gasteiger partial charge in [-0.15, -0.1) is 0 Å². The van der Waals surface area contributed by atoms with E-state index in [1.807, 2.05) is 6.20 Å². The standard InChI is InChI=1S/C13H18BrN3O/c14-11-1-2-13(15-9-11)17-4-3-12(10-17)16-5-7-18-8-6-16/h1-2,9,12H,3-8,10H2/t12-/m1/s1. The average molecular weight is 312 g/mol. The number of rotatable bonds is 2. The van der Waals surface area contributed by atoms with E-state index in [0.29, 0.717) is 6.04 Å². The van der Waals surface area contributed by atoms with Crippen molar-refractivity contribution in [2.24, 2.45) is 0 Å². The van der Waals surface area contributed by atoms with Crippen LogP contribution >= 0.6 is 15.9 Å². The van der Waals surface area contributed by atoms with Crippen LogP contribution in [0.3, 0.4) is 0 Å². The fourth-order valence-corrected chi connectivity index (χ4v) is 2.98. The Morgan fingerprint density at radius 1 is 1.22 bits per heavy atom. The summed E-state index contributed by atoms with van der Waals surface area (Å²) in [5, 5.41) is 0. The van der Waals surface area contributed by atoms with Crippen LogP contribution in [-0.2, 0) is 4.74 Å². The molecular formula is C13H18BrN3O. The average Bonchev–Trinajstić information content (AvgIpc) is 2.90. The number of anilines is 1. The molecule has 2 aliphatic heterocycles. The van der Waals surface area contributed by atoms with Crippen molar-refractivity contribution < 1.29 is 4.74 Å². The predicted molar refractivity (Wildman–Crippen MR) is 74.9 cm³/mol. The fraction of sp³-hybridized carbons (Fsp3) is 0.615. The van der Waals surface area contributed by atoms with Crippen molar-refractivity contribution >= 4 is 21.7 Å². The van der Waals surface area contributed by atoms with E-state index < -0.39 is 0 Å². The van der Waals surface area contributed by atoms with Gasteiger partial charge in [0.05, 0.1) is 13.2 Å². The molecule has 1 aromatic rings. The highest BCUT2D eigenvalue weighted by Crippen LogP contribution is 2.22. The highest BCUT2D eigenvalue weighted by atomic mass is 79.9. The molecular weight excluding hydrogens is 294 g/mol. The van der Waals surface area contributed by atoms with Crippen LogP contribution in [0.4, 0.5) is 5.82 Å². The van der Waals surface area contributed by atoms with E-state index >= 15 is 0 Å². The molecule has 2 aliphatic rings. The summed E-state index contributed by atoms with van der Waals surface area (Å²) in [5.41, 5.74) is 0. The maximum absolute atomic E-state index is 5.41. The van der Waals surface area contributed by atoms with Crippen molar-refractivity contribution in [2.75, 3.05) is 44.3 Å². The summed E-state index contributed by atoms with van der Waals surface area (Å²) in [6.07, 6.45) is 3.11. The van der Waals surface area contributed by atoms with Crippen LogP contribution in [0.1, 0.15) is 6.42 Å². The fourth-order valence-electron chi connectivity index (χ4n) is 2.75. The smallest absolute Gasteiger partial charge is 0.128 e. The molecule has 0 aromatic carbocycles. The summed E-state index contributed by atoms with van der Waals surface area (Å²) >= 11 is 3.43. The highest BCUT2D eigenvalue weighted by Gasteiger charge is 2.29. The molecule has 0 radical (unpaired) electrons. The number of pyridine rings is 1. The lowest BCUT2D eigenvalue weighted by Crippen LogP contribution is -2.44. The zero-order valence-electron chi connectivity index (χ0n) is 10.4. The Kier molecular flexibility index (Phi) is 3.82. The van der Waals surface area contributed by atoms with Gasteiger partial charge in [0.25, 0.3) is 0 Å². The van der Waals surface area contributed by atoms with Crippen molar-refractivity contribution in [3.8, 4) is 0 Å². The molecule has 0 unspecified atom stereocenters. The zero-order chi connectivity index (χ0) is 12.4. The number of nitrogens with zero attached hydrogens (tertiary/aromatic N) is 3. The second kappa shape index (κ2) is 5.55. The van der Waals surface area contributed by atoms with Crippen LogP contribution in [0, 0.1) is 0 Å². The van der Waals surface area contributed by atoms with Gasteiger partial charge in [0.1, 0.15) is 5.82 Å². The summed E-state index contributed by atoms with van der Waals surface area (Å²) < 4.78 is 6.45. The minimum Gasteiger partial charge on any atom is -0.379 e. The molecule has 0 spiro atoms. The molecule has 18 heavy (non-hydrogen) atoms. The van der Waals surface area contributed by atoms with E-state index in [1.165, 1.54) is 6.42 Å². The van der Waals surface area contributed by atoms with Gasteiger partial charge in [0, 0.05) is 42.9 Å². The molecule has 0 aliphatic carbocycles. The summed E-state index contributed by atoms with van der Waals surface area (Å²) in [7, 11) is 0. The van der Waals surface area contributed by atoms with Crippen LogP contribution in [0.5, 0.6) is 0 Å². The Morgan fingerprint density at radius 3 is 2.78 bits per heavy atom. The third-order valence-corrected chi connectivity index (χ3v) is 4.23. The minimum absolute atomic E-state index is 0.666. The highest BCUT2D eigenvalue weighted by molar-refractivity contribution is 9.10. The maximum Gasteiger partial charge on any atom is 0.128 e. The SMILES string of the molecule is Brc1ccc(N2CC[C@@H](N3CCOCC3)C2)nc1. The normalized spacial score (nSPS) is 25.6. The first-order valence-corrected chi connectivity index (χ1v) is 7.30. The third kappa shape index (κ3) is 2.68. The molecule has 2 fully saturated rings. The Balaban J connectivity index is 1.62. The number of halogens is 1. The number of morpholine rings is 1. The molecule has 0 saturated carbocycles. The van der Waals surface area contributed by atoms with E-state index in [1.54, 1.807) is 0 Å². The summed E-state index contributed by atoms with van der Waals surface area (Å²) in [6, 6.07) is 4.82. The van der Waals surface area contributed by atoms with Crippen LogP contribution in [0.25, 0.3) is 0 Å². The van der Waals surface area contributed by atoms with Crippen molar-refractivity contribution in [1.29, 1.82) is 0 Å². The van der Waals surface area contributed by atoms with Gasteiger partial charge in [-0.25, -0.2) is 4.98 Å². The van der Waals surface area contributed by atoms with Gasteiger partial charge >= 0.3 is 0 Å². The molecule has 1 aromatic heterocycles. The molecule has 4 nitrogen and oxygen atoms in total. The van der Waals surface area contributed by atoms with Gasteiger partial charge < -0.3 is 9.64 Å². The monoisotopic (exact) mass is 311 g/mol. The minimum atomic E-state index is 0.666. The number of hydrogen-bond donors (Lipinski definition) is 0. The molecule has 3 heterocycles. The molecule has 0 N–H and O–H groups in total. The van der Waals surface area contributed by atoms with Gasteiger partial charge in [-0.3, -0.25) is 4.90 Å². The largest absolute Gasteiger partial charge is 0.379 e. The van der Waals surface area contributed by atoms with Gasteiger partial charge in [0.2, 0.25) is 0 Å². The quantitative estimate of drug-likeness (QED) is 0.832. The molecule has 5 heteroatoms. The van der Waals surface area contributed by atoms with Gasteiger partial charge in [-0.05, 0) is 34.5 Å². The van der Waals surface area contributed by atoms with Gasteiger partial charge in [-0.2, -0.15) is 0 Å². The topological polar surface area (TPSA) is 28.6 Å². The van der Waals surface area contributed by atoms with Crippen molar-refractivity contribution in [2.45, 2.75) is 12.5 Å². The number of aromatic nitrogens is 1. The molecule has 2 saturated heterocycles. The number of ether oxygens (including phenoxy) is 1. The first kappa shape index (κ1) is 12.4. The summed E-state index contributed by atoms with van der Waals surface area (Å²) in [5.74, 6) is 1.09. The van der Waals surface area contributed by atoms with Crippen molar-refractivity contribution in [3.05, 3.63) is 22.8 Å². The Labute approximate surface area is 116 Å². The summed E-state index contributed by atoms with van der Waals surface area (Å²) in [4.78, 5) is 9.42. The second-order valence-electron chi connectivity index (χ2n) is 4.87. The number of hydrogen-bond acceptors (Lipinski definition) is 4. The lowest BCUT2D eigenvalue weighted by atomic mass is 10.2. The van der Waals surface area contributed by atoms with E-state index in [9.17, 15) is 0 Å². The van der Waals surface area contributed by atoms with Crippen molar-refractivity contribution in [1.82, 2.24) is 9.88 Å². The van der Waals surface area contributed by atoms with E-state index in [0.717, 1.165) is 49.7 Å².